The molecule has 0 spiro atoms. The standard InChI is InChI=1S/C22H21FN6O2/c23-15-7-12-3-4-18(24)28-16(12)8-11(15)1-2-13-9-17(20(31)19(13)30)29-6-5-14-21(25)26-10-27-22(14)29/h3-10,17,19-20,30-31H,1-2H2,(H2,24,28)(H2,25,26,27)/t17?,19?,20-/m1/s1. The van der Waals surface area contributed by atoms with E-state index in [1.165, 1.54) is 12.4 Å². The van der Waals surface area contributed by atoms with Gasteiger partial charge in [-0.05, 0) is 54.3 Å². The molecule has 8 nitrogen and oxygen atoms in total. The van der Waals surface area contributed by atoms with Crippen LogP contribution >= 0.6 is 0 Å². The van der Waals surface area contributed by atoms with Gasteiger partial charge < -0.3 is 26.2 Å². The molecular formula is C22H21FN6O2. The van der Waals surface area contributed by atoms with Gasteiger partial charge in [0.25, 0.3) is 0 Å². The minimum absolute atomic E-state index is 0.340. The van der Waals surface area contributed by atoms with E-state index in [2.05, 4.69) is 15.0 Å². The van der Waals surface area contributed by atoms with Gasteiger partial charge in [0.2, 0.25) is 0 Å². The molecule has 4 aromatic rings. The van der Waals surface area contributed by atoms with Crippen LogP contribution in [0.5, 0.6) is 0 Å². The van der Waals surface area contributed by atoms with Crippen LogP contribution < -0.4 is 11.5 Å². The molecule has 1 aliphatic rings. The van der Waals surface area contributed by atoms with E-state index >= 15 is 0 Å². The number of aliphatic hydroxyl groups is 2. The van der Waals surface area contributed by atoms with E-state index in [1.54, 1.807) is 35.0 Å². The highest BCUT2D eigenvalue weighted by molar-refractivity contribution is 5.86. The van der Waals surface area contributed by atoms with Crippen molar-refractivity contribution in [3.8, 4) is 0 Å². The van der Waals surface area contributed by atoms with Crippen LogP contribution in [0.25, 0.3) is 21.9 Å². The van der Waals surface area contributed by atoms with Crippen molar-refractivity contribution in [2.45, 2.75) is 31.1 Å². The van der Waals surface area contributed by atoms with E-state index < -0.39 is 18.2 Å². The molecule has 0 saturated carbocycles. The first-order chi connectivity index (χ1) is 14.9. The van der Waals surface area contributed by atoms with E-state index in [0.717, 1.165) is 0 Å². The van der Waals surface area contributed by atoms with Crippen LogP contribution in [0.1, 0.15) is 18.0 Å². The number of rotatable bonds is 4. The molecule has 158 valence electrons. The fourth-order valence-electron chi connectivity index (χ4n) is 4.20. The van der Waals surface area contributed by atoms with Crippen molar-refractivity contribution < 1.29 is 14.6 Å². The van der Waals surface area contributed by atoms with Crippen LogP contribution in [0.3, 0.4) is 0 Å². The number of nitrogen functional groups attached to an aromatic ring is 2. The van der Waals surface area contributed by atoms with E-state index in [1.807, 2.05) is 6.08 Å². The van der Waals surface area contributed by atoms with Crippen molar-refractivity contribution in [1.29, 1.82) is 0 Å². The number of aliphatic hydroxyl groups excluding tert-OH is 2. The SMILES string of the molecule is Nc1ccc2cc(F)c(CCC3=CC(n4ccc5c(N)ncnc54)[C@@H](O)C3O)cc2n1. The van der Waals surface area contributed by atoms with Crippen molar-refractivity contribution in [1.82, 2.24) is 19.5 Å². The van der Waals surface area contributed by atoms with Crippen molar-refractivity contribution in [2.24, 2.45) is 0 Å². The maximum atomic E-state index is 14.6. The Morgan fingerprint density at radius 3 is 2.74 bits per heavy atom. The molecule has 5 rings (SSSR count). The largest absolute Gasteiger partial charge is 0.388 e. The van der Waals surface area contributed by atoms with E-state index in [9.17, 15) is 14.6 Å². The zero-order valence-electron chi connectivity index (χ0n) is 16.5. The summed E-state index contributed by atoms with van der Waals surface area (Å²) in [5, 5.41) is 22.6. The molecule has 2 unspecified atom stereocenters. The number of nitrogens with two attached hydrogens (primary N) is 2. The van der Waals surface area contributed by atoms with Gasteiger partial charge in [-0.15, -0.1) is 0 Å². The summed E-state index contributed by atoms with van der Waals surface area (Å²) >= 11 is 0. The molecule has 1 aromatic carbocycles. The van der Waals surface area contributed by atoms with Gasteiger partial charge in [0.05, 0.1) is 16.9 Å². The highest BCUT2D eigenvalue weighted by Gasteiger charge is 2.36. The first-order valence-corrected chi connectivity index (χ1v) is 9.91. The average molecular weight is 420 g/mol. The van der Waals surface area contributed by atoms with Gasteiger partial charge in [-0.25, -0.2) is 19.3 Å². The first-order valence-electron chi connectivity index (χ1n) is 9.91. The molecule has 1 aliphatic carbocycles. The summed E-state index contributed by atoms with van der Waals surface area (Å²) in [6.45, 7) is 0. The van der Waals surface area contributed by atoms with Crippen LogP contribution in [0, 0.1) is 5.82 Å². The Hall–Kier alpha value is -3.56. The maximum absolute atomic E-state index is 14.6. The molecule has 6 N–H and O–H groups in total. The quantitative estimate of drug-likeness (QED) is 0.371. The fourth-order valence-corrected chi connectivity index (χ4v) is 4.20. The average Bonchev–Trinajstić information content (AvgIpc) is 3.29. The highest BCUT2D eigenvalue weighted by Crippen LogP contribution is 2.35. The predicted octanol–water partition coefficient (Wildman–Crippen LogP) is 2.12. The zero-order valence-corrected chi connectivity index (χ0v) is 16.5. The number of hydrogen-bond donors (Lipinski definition) is 4. The van der Waals surface area contributed by atoms with Gasteiger partial charge in [0.15, 0.2) is 0 Å². The second-order valence-electron chi connectivity index (χ2n) is 7.76. The molecule has 0 aliphatic heterocycles. The van der Waals surface area contributed by atoms with Gasteiger partial charge in [0, 0.05) is 11.6 Å². The number of halogens is 1. The summed E-state index contributed by atoms with van der Waals surface area (Å²) in [6, 6.07) is 7.73. The number of benzene rings is 1. The lowest BCUT2D eigenvalue weighted by Crippen LogP contribution is -2.29. The van der Waals surface area contributed by atoms with Gasteiger partial charge in [-0.1, -0.05) is 6.08 Å². The molecule has 0 amide bonds. The molecule has 9 heteroatoms. The van der Waals surface area contributed by atoms with Crippen LogP contribution in [0.4, 0.5) is 16.0 Å². The van der Waals surface area contributed by atoms with Crippen molar-refractivity contribution in [3.63, 3.8) is 0 Å². The van der Waals surface area contributed by atoms with Gasteiger partial charge in [-0.2, -0.15) is 0 Å². The number of fused-ring (bicyclic) bond motifs is 2. The molecule has 3 heterocycles. The maximum Gasteiger partial charge on any atom is 0.146 e. The van der Waals surface area contributed by atoms with Gasteiger partial charge in [0.1, 0.15) is 41.6 Å². The van der Waals surface area contributed by atoms with E-state index in [4.69, 9.17) is 11.5 Å². The van der Waals surface area contributed by atoms with Crippen LogP contribution in [0.15, 0.2) is 54.5 Å². The molecular weight excluding hydrogens is 399 g/mol. The van der Waals surface area contributed by atoms with Crippen LogP contribution in [0.2, 0.25) is 0 Å². The Morgan fingerprint density at radius 1 is 1.06 bits per heavy atom. The third kappa shape index (κ3) is 3.28. The molecule has 3 aromatic heterocycles. The number of pyridine rings is 1. The fraction of sp³-hybridized carbons (Fsp3) is 0.227. The Labute approximate surface area is 176 Å². The smallest absolute Gasteiger partial charge is 0.146 e. The number of nitrogens with zero attached hydrogens (tertiary/aromatic N) is 4. The number of anilines is 2. The molecule has 31 heavy (non-hydrogen) atoms. The number of aryl methyl sites for hydroxylation is 1. The molecule has 3 atom stereocenters. The van der Waals surface area contributed by atoms with Crippen molar-refractivity contribution in [2.75, 3.05) is 11.5 Å². The topological polar surface area (TPSA) is 136 Å². The highest BCUT2D eigenvalue weighted by atomic mass is 19.1. The second-order valence-corrected chi connectivity index (χ2v) is 7.76. The second kappa shape index (κ2) is 7.29. The minimum Gasteiger partial charge on any atom is -0.388 e. The Morgan fingerprint density at radius 2 is 1.90 bits per heavy atom. The summed E-state index contributed by atoms with van der Waals surface area (Å²) in [4.78, 5) is 12.5. The molecule has 0 fully saturated rings. The van der Waals surface area contributed by atoms with Gasteiger partial charge >= 0.3 is 0 Å². The molecule has 0 radical (unpaired) electrons. The molecule has 0 saturated heterocycles. The lowest BCUT2D eigenvalue weighted by molar-refractivity contribution is 0.0317. The van der Waals surface area contributed by atoms with Crippen LogP contribution in [-0.2, 0) is 6.42 Å². The lowest BCUT2D eigenvalue weighted by atomic mass is 10.0. The lowest BCUT2D eigenvalue weighted by Gasteiger charge is -2.19. The van der Waals surface area contributed by atoms with Crippen molar-refractivity contribution >= 4 is 33.6 Å². The Bertz CT molecular complexity index is 1330. The summed E-state index contributed by atoms with van der Waals surface area (Å²) < 4.78 is 16.3. The normalized spacial score (nSPS) is 21.1. The summed E-state index contributed by atoms with van der Waals surface area (Å²) in [5.41, 5.74) is 13.9. The number of aromatic nitrogens is 4. The van der Waals surface area contributed by atoms with E-state index in [-0.39, 0.29) is 5.82 Å². The zero-order chi connectivity index (χ0) is 21.7. The van der Waals surface area contributed by atoms with E-state index in [0.29, 0.717) is 57.6 Å². The van der Waals surface area contributed by atoms with Crippen LogP contribution in [-0.4, -0.2) is 41.9 Å². The third-order valence-corrected chi connectivity index (χ3v) is 5.86. The van der Waals surface area contributed by atoms with Gasteiger partial charge in [-0.3, -0.25) is 0 Å². The summed E-state index contributed by atoms with van der Waals surface area (Å²) in [7, 11) is 0. The summed E-state index contributed by atoms with van der Waals surface area (Å²) in [5.74, 6) is 0.378. The number of hydrogen-bond acceptors (Lipinski definition) is 7. The predicted molar refractivity (Wildman–Crippen MR) is 116 cm³/mol. The monoisotopic (exact) mass is 420 g/mol. The summed E-state index contributed by atoms with van der Waals surface area (Å²) in [6.07, 6.45) is 3.55. The third-order valence-electron chi connectivity index (χ3n) is 5.86. The first kappa shape index (κ1) is 19.4. The van der Waals surface area contributed by atoms with Crippen molar-refractivity contribution in [3.05, 3.63) is 65.9 Å². The Balaban J connectivity index is 1.42. The minimum atomic E-state index is -1.06. The Kier molecular flexibility index (Phi) is 4.57. The molecule has 0 bridgehead atoms.